The van der Waals surface area contributed by atoms with Crippen molar-refractivity contribution in [1.82, 2.24) is 8.75 Å². The van der Waals surface area contributed by atoms with Crippen LogP contribution in [0, 0.1) is 5.92 Å². The van der Waals surface area contributed by atoms with Crippen LogP contribution >= 0.6 is 11.7 Å². The summed E-state index contributed by atoms with van der Waals surface area (Å²) in [5, 5.41) is 0. The highest BCUT2D eigenvalue weighted by Crippen LogP contribution is 2.32. The van der Waals surface area contributed by atoms with E-state index >= 15 is 0 Å². The molecule has 1 aromatic rings. The number of rotatable bonds is 50. The Kier molecular flexibility index (Phi) is 40.8. The van der Waals surface area contributed by atoms with Crippen LogP contribution in [0.1, 0.15) is 291 Å². The molecule has 3 atom stereocenters. The van der Waals surface area contributed by atoms with Crippen molar-refractivity contribution in [1.29, 1.82) is 0 Å². The van der Waals surface area contributed by atoms with Gasteiger partial charge in [0.2, 0.25) is 6.23 Å². The van der Waals surface area contributed by atoms with Crippen LogP contribution in [0.2, 0.25) is 0 Å². The first-order chi connectivity index (χ1) is 36.0. The minimum Gasteiger partial charge on any atom is -0.475 e. The van der Waals surface area contributed by atoms with Gasteiger partial charge >= 0.3 is 23.9 Å². The molecule has 0 saturated heterocycles. The lowest BCUT2D eigenvalue weighted by Gasteiger charge is -2.41. The van der Waals surface area contributed by atoms with Crippen LogP contribution in [0.4, 0.5) is 0 Å². The second-order valence-corrected chi connectivity index (χ2v) is 22.7. The second-order valence-electron chi connectivity index (χ2n) is 22.2. The van der Waals surface area contributed by atoms with Gasteiger partial charge < -0.3 is 23.7 Å². The molecule has 0 saturated carbocycles. The van der Waals surface area contributed by atoms with Crippen molar-refractivity contribution in [2.45, 2.75) is 297 Å². The van der Waals surface area contributed by atoms with Crippen molar-refractivity contribution in [3.8, 4) is 5.88 Å². The highest BCUT2D eigenvalue weighted by molar-refractivity contribution is 6.99. The zero-order valence-corrected chi connectivity index (χ0v) is 49.2. The first-order valence-corrected chi connectivity index (χ1v) is 31.4. The number of quaternary nitrogens is 1. The molecule has 2 rings (SSSR count). The van der Waals surface area contributed by atoms with Crippen LogP contribution in [0.15, 0.2) is 6.08 Å². The molecule has 1 aromatic heterocycles. The van der Waals surface area contributed by atoms with E-state index in [2.05, 4.69) is 49.6 Å². The van der Waals surface area contributed by atoms with Crippen LogP contribution in [0.3, 0.4) is 0 Å². The molecule has 0 fully saturated rings. The molecule has 0 bridgehead atoms. The smallest absolute Gasteiger partial charge is 0.310 e. The van der Waals surface area contributed by atoms with Crippen LogP contribution in [-0.4, -0.2) is 89.4 Å². The maximum Gasteiger partial charge on any atom is 0.310 e. The highest BCUT2D eigenvalue weighted by atomic mass is 32.1. The zero-order chi connectivity index (χ0) is 53.8. The monoisotopic (exact) mass is 1060 g/mol. The average Bonchev–Trinajstić information content (AvgIpc) is 3.86. The predicted octanol–water partition coefficient (Wildman–Crippen LogP) is 16.6. The van der Waals surface area contributed by atoms with Crippen molar-refractivity contribution in [3.63, 3.8) is 0 Å². The summed E-state index contributed by atoms with van der Waals surface area (Å²) < 4.78 is 38.6. The van der Waals surface area contributed by atoms with Gasteiger partial charge in [-0.25, -0.2) is 0 Å². The van der Waals surface area contributed by atoms with Crippen LogP contribution in [0.5, 0.6) is 5.88 Å². The zero-order valence-electron chi connectivity index (χ0n) is 48.3. The summed E-state index contributed by atoms with van der Waals surface area (Å²) in [6, 6.07) is 0. The molecule has 1 aliphatic rings. The molecule has 12 nitrogen and oxygen atoms in total. The van der Waals surface area contributed by atoms with E-state index in [1.165, 1.54) is 153 Å². The maximum atomic E-state index is 13.2. The Labute approximate surface area is 456 Å². The maximum absolute atomic E-state index is 13.2. The molecule has 74 heavy (non-hydrogen) atoms. The highest BCUT2D eigenvalue weighted by Gasteiger charge is 2.37. The van der Waals surface area contributed by atoms with Crippen molar-refractivity contribution in [2.24, 2.45) is 5.92 Å². The Balaban J connectivity index is 1.71. The molecule has 0 aliphatic carbocycles. The van der Waals surface area contributed by atoms with Crippen molar-refractivity contribution in [2.75, 3.05) is 40.0 Å². The molecular formula is C61H110N3O9S+. The number of carbonyl (C=O) groups is 4. The van der Waals surface area contributed by atoms with E-state index in [-0.39, 0.29) is 49.7 Å². The molecule has 0 aromatic carbocycles. The Bertz CT molecular complexity index is 1560. The van der Waals surface area contributed by atoms with E-state index in [1.54, 1.807) is 0 Å². The summed E-state index contributed by atoms with van der Waals surface area (Å²) >= 11 is 1.17. The number of unbranched alkanes of at least 4 members (excludes halogenated alkanes) is 29. The number of hydrogen-bond donors (Lipinski definition) is 0. The Hall–Kier alpha value is -3.06. The first-order valence-electron chi connectivity index (χ1n) is 30.7. The third-order valence-electron chi connectivity index (χ3n) is 15.0. The van der Waals surface area contributed by atoms with Crippen LogP contribution < -0.4 is 4.74 Å². The minimum absolute atomic E-state index is 0.129. The fourth-order valence-corrected chi connectivity index (χ4v) is 10.4. The summed E-state index contributed by atoms with van der Waals surface area (Å²) in [5.41, 5.74) is 1.89. The summed E-state index contributed by atoms with van der Waals surface area (Å²) in [4.78, 5) is 51.7. The van der Waals surface area contributed by atoms with E-state index in [0.717, 1.165) is 94.9 Å². The molecule has 13 heteroatoms. The fourth-order valence-electron chi connectivity index (χ4n) is 9.86. The third kappa shape index (κ3) is 34.6. The molecule has 2 heterocycles. The van der Waals surface area contributed by atoms with Gasteiger partial charge in [-0.1, -0.05) is 226 Å². The number of nitrogens with zero attached hydrogens (tertiary/aromatic N) is 3. The number of aromatic nitrogens is 2. The van der Waals surface area contributed by atoms with Crippen LogP contribution in [0.25, 0.3) is 5.57 Å². The molecule has 0 amide bonds. The fraction of sp³-hybridized carbons (Fsp3) is 0.869. The van der Waals surface area contributed by atoms with E-state index in [1.807, 2.05) is 6.92 Å². The lowest BCUT2D eigenvalue weighted by molar-refractivity contribution is -0.944. The van der Waals surface area contributed by atoms with Gasteiger partial charge in [0.1, 0.15) is 25.5 Å². The van der Waals surface area contributed by atoms with Crippen molar-refractivity contribution < 1.29 is 47.3 Å². The lowest BCUT2D eigenvalue weighted by Crippen LogP contribution is -2.55. The molecule has 2 unspecified atom stereocenters. The molecule has 0 radical (unpaired) electrons. The van der Waals surface area contributed by atoms with Gasteiger partial charge in [0, 0.05) is 44.6 Å². The molecule has 0 spiro atoms. The number of ether oxygens (including phenoxy) is 5. The minimum atomic E-state index is -0.847. The van der Waals surface area contributed by atoms with Gasteiger partial charge in [0.05, 0.1) is 31.9 Å². The summed E-state index contributed by atoms with van der Waals surface area (Å²) in [6.07, 6.45) is 42.8. The van der Waals surface area contributed by atoms with E-state index in [4.69, 9.17) is 23.7 Å². The number of carbonyl (C=O) groups excluding carboxylic acids is 4. The largest absolute Gasteiger partial charge is 0.475 e. The molecular weight excluding hydrogens is 951 g/mol. The third-order valence-corrected chi connectivity index (χ3v) is 15.5. The van der Waals surface area contributed by atoms with E-state index in [9.17, 15) is 19.2 Å². The van der Waals surface area contributed by atoms with Gasteiger partial charge in [-0.15, -0.1) is 4.37 Å². The Morgan fingerprint density at radius 1 is 0.541 bits per heavy atom. The number of likely N-dealkylation sites (N-methyl/N-ethyl adjacent to an activating group) is 1. The molecule has 428 valence electrons. The standard InChI is InChI=1S/C61H110N3O9S/c1-7-10-13-16-18-20-22-24-26-28-30-32-36-43-56(65)70-50-55(51-71-57(66)44-37-33-31-29-27-25-23-21-19-17-14-11-8-2)73-58(67)45-38-34-35-41-52(4)48-59(68)72-53(5)64(6)46-40-42-54(49-64)60-61(63-74-62-60)69-47-39-15-12-9-3/h42,52-53,55H,7-41,43-51H2,1-6H3/q+1/t52?,53-,64?/m1/s1. The summed E-state index contributed by atoms with van der Waals surface area (Å²) in [5.74, 6) is -0.486. The van der Waals surface area contributed by atoms with Gasteiger partial charge in [0.25, 0.3) is 5.88 Å². The molecule has 1 aliphatic heterocycles. The lowest BCUT2D eigenvalue weighted by atomic mass is 9.99. The van der Waals surface area contributed by atoms with Gasteiger partial charge in [-0.05, 0) is 31.6 Å². The second kappa shape index (κ2) is 45.0. The van der Waals surface area contributed by atoms with E-state index < -0.39 is 12.1 Å². The Morgan fingerprint density at radius 2 is 0.973 bits per heavy atom. The van der Waals surface area contributed by atoms with E-state index in [0.29, 0.717) is 49.2 Å². The van der Waals surface area contributed by atoms with Gasteiger partial charge in [-0.3, -0.25) is 23.7 Å². The molecule has 0 N–H and O–H groups in total. The van der Waals surface area contributed by atoms with Crippen molar-refractivity contribution >= 4 is 41.2 Å². The topological polar surface area (TPSA) is 140 Å². The van der Waals surface area contributed by atoms with Crippen LogP contribution in [-0.2, 0) is 38.1 Å². The van der Waals surface area contributed by atoms with Gasteiger partial charge in [0.15, 0.2) is 6.10 Å². The summed E-state index contributed by atoms with van der Waals surface area (Å²) in [7, 11) is 2.13. The summed E-state index contributed by atoms with van der Waals surface area (Å²) in [6.45, 7) is 12.7. The SMILES string of the molecule is CCCCCCCCCCCCCCCC(=O)OCC(COC(=O)CCCCCCCCCCCCCCC)OC(=O)CCCCCC(C)CC(=O)O[C@H](C)[N+]1(C)CCC=C(c2nsnc2OCCCCCC)C1. The quantitative estimate of drug-likeness (QED) is 0.0266. The Morgan fingerprint density at radius 3 is 1.46 bits per heavy atom. The number of esters is 4. The van der Waals surface area contributed by atoms with Gasteiger partial charge in [-0.2, -0.15) is 4.37 Å². The average molecular weight is 1060 g/mol. The van der Waals surface area contributed by atoms with Crippen molar-refractivity contribution in [3.05, 3.63) is 11.8 Å². The first kappa shape index (κ1) is 67.1. The number of hydrogen-bond acceptors (Lipinski definition) is 12. The normalized spacial score (nSPS) is 15.4. The predicted molar refractivity (Wildman–Crippen MR) is 303 cm³/mol.